The Morgan fingerprint density at radius 3 is 2.56 bits per heavy atom. The van der Waals surface area contributed by atoms with Gasteiger partial charge in [0.2, 0.25) is 9.84 Å². The van der Waals surface area contributed by atoms with Crippen LogP contribution in [0.4, 0.5) is 33.9 Å². The van der Waals surface area contributed by atoms with Crippen LogP contribution in [0.15, 0.2) is 64.6 Å². The molecule has 50 heavy (non-hydrogen) atoms. The second kappa shape index (κ2) is 15.6. The molecule has 0 saturated carbocycles. The molecule has 2 fully saturated rings. The molecule has 2 aromatic carbocycles. The van der Waals surface area contributed by atoms with Gasteiger partial charge in [0.05, 0.1) is 44.3 Å². The van der Waals surface area contributed by atoms with Gasteiger partial charge in [-0.05, 0) is 42.5 Å². The number of rotatable bonds is 5. The topological polar surface area (TPSA) is 160 Å². The summed E-state index contributed by atoms with van der Waals surface area (Å²) in [7, 11) is -4.02. The fourth-order valence-electron chi connectivity index (χ4n) is 4.74. The van der Waals surface area contributed by atoms with Crippen LogP contribution >= 0.6 is 22.9 Å². The molecule has 2 aliphatic rings. The van der Waals surface area contributed by atoms with Crippen molar-refractivity contribution in [1.29, 1.82) is 0 Å². The maximum absolute atomic E-state index is 13.6. The molecule has 2 aliphatic heterocycles. The number of hydrogen-bond acceptors (Lipinski definition) is 11. The van der Waals surface area contributed by atoms with Gasteiger partial charge in [0, 0.05) is 31.7 Å². The van der Waals surface area contributed by atoms with Crippen LogP contribution in [0.3, 0.4) is 0 Å². The average molecular weight is 756 g/mol. The van der Waals surface area contributed by atoms with Gasteiger partial charge in [0.1, 0.15) is 28.9 Å². The van der Waals surface area contributed by atoms with Crippen molar-refractivity contribution in [2.45, 2.75) is 34.5 Å². The summed E-state index contributed by atoms with van der Waals surface area (Å²) in [5.41, 5.74) is 0.509. The maximum atomic E-state index is 13.6. The van der Waals surface area contributed by atoms with Gasteiger partial charge in [-0.2, -0.15) is 13.2 Å². The molecule has 0 bridgehead atoms. The van der Waals surface area contributed by atoms with Crippen LogP contribution in [0.2, 0.25) is 5.02 Å². The zero-order valence-corrected chi connectivity index (χ0v) is 27.9. The number of aromatic nitrogens is 2. The summed E-state index contributed by atoms with van der Waals surface area (Å²) in [6.07, 6.45) is -3.64. The Balaban J connectivity index is 0.000000630. The molecular formula is C31H26ClF4N5O7S2. The number of morpholine rings is 1. The number of sulfone groups is 1. The highest BCUT2D eigenvalue weighted by Gasteiger charge is 2.38. The van der Waals surface area contributed by atoms with Crippen LogP contribution in [0.25, 0.3) is 10.2 Å². The molecule has 2 saturated heterocycles. The average Bonchev–Trinajstić information content (AvgIpc) is 3.71. The first kappa shape index (κ1) is 36.7. The third-order valence-electron chi connectivity index (χ3n) is 7.16. The summed E-state index contributed by atoms with van der Waals surface area (Å²) in [5, 5.41) is 14.3. The second-order valence-electron chi connectivity index (χ2n) is 10.7. The largest absolute Gasteiger partial charge is 0.490 e. The number of benzene rings is 2. The zero-order chi connectivity index (χ0) is 36.1. The molecule has 19 heteroatoms. The number of hydrogen-bond donors (Lipinski definition) is 3. The molecule has 4 heterocycles. The third kappa shape index (κ3) is 9.17. The van der Waals surface area contributed by atoms with E-state index < -0.39 is 27.8 Å². The number of carbonyl (C=O) groups excluding carboxylic acids is 1. The van der Waals surface area contributed by atoms with E-state index >= 15 is 0 Å². The van der Waals surface area contributed by atoms with E-state index in [-0.39, 0.29) is 33.1 Å². The Hall–Kier alpha value is -4.54. The summed E-state index contributed by atoms with van der Waals surface area (Å²) in [4.78, 5) is 32.8. The minimum atomic E-state index is -5.08. The quantitative estimate of drug-likeness (QED) is 0.181. The number of carboxylic acids is 1. The van der Waals surface area contributed by atoms with Gasteiger partial charge in [-0.1, -0.05) is 29.5 Å². The number of nitrogens with zero attached hydrogens (tertiary/aromatic N) is 3. The van der Waals surface area contributed by atoms with E-state index in [1.807, 2.05) is 6.07 Å². The van der Waals surface area contributed by atoms with Crippen molar-refractivity contribution >= 4 is 66.6 Å². The Morgan fingerprint density at radius 1 is 1.14 bits per heavy atom. The highest BCUT2D eigenvalue weighted by atomic mass is 35.5. The van der Waals surface area contributed by atoms with Gasteiger partial charge in [0.15, 0.2) is 0 Å². The van der Waals surface area contributed by atoms with Crippen molar-refractivity contribution in [1.82, 2.24) is 20.2 Å². The lowest BCUT2D eigenvalue weighted by Gasteiger charge is -2.27. The summed E-state index contributed by atoms with van der Waals surface area (Å²) in [6.45, 7) is 2.64. The van der Waals surface area contributed by atoms with Gasteiger partial charge in [-0.15, -0.1) is 11.3 Å². The zero-order valence-electron chi connectivity index (χ0n) is 25.5. The van der Waals surface area contributed by atoms with Gasteiger partial charge < -0.3 is 24.8 Å². The Bertz CT molecular complexity index is 2070. The maximum Gasteiger partial charge on any atom is 0.490 e. The fraction of sp³-hybridized carbons (Fsp3) is 0.290. The number of aliphatic carboxylic acids is 1. The van der Waals surface area contributed by atoms with Gasteiger partial charge in [-0.3, -0.25) is 5.32 Å². The van der Waals surface area contributed by atoms with E-state index in [1.54, 1.807) is 11.0 Å². The van der Waals surface area contributed by atoms with E-state index in [2.05, 4.69) is 32.4 Å². The van der Waals surface area contributed by atoms with E-state index in [4.69, 9.17) is 31.0 Å². The lowest BCUT2D eigenvalue weighted by Crippen LogP contribution is -2.42. The number of carboxylic acid groups (broad SMARTS) is 1. The highest BCUT2D eigenvalue weighted by molar-refractivity contribution is 7.91. The van der Waals surface area contributed by atoms with Crippen molar-refractivity contribution in [3.8, 4) is 11.8 Å². The molecule has 4 aromatic rings. The molecular weight excluding hydrogens is 730 g/mol. The fourth-order valence-corrected chi connectivity index (χ4v) is 7.42. The third-order valence-corrected chi connectivity index (χ3v) is 10.4. The van der Waals surface area contributed by atoms with Gasteiger partial charge in [0.25, 0.3) is 0 Å². The standard InChI is InChI=1S/C29H25ClFN5O5S2.C2HF3O2/c30-25-14-20(5-7-26(25)43(38,39)23-3-1-2-18(31)12-23)35-27-24-15-22(42-28(24)34-17-33-27)6-4-19-13-21(16-32-19)41-29(37)36-8-10-40-11-9-36;3-2(4,5)1(6)7/h1-3,5,7,12,14-15,17,19,21,32H,8-11,13,16H2,(H,33,34,35);(H,6,7)/t19-,21+;/m1./s1. The highest BCUT2D eigenvalue weighted by Crippen LogP contribution is 2.33. The van der Waals surface area contributed by atoms with E-state index in [1.165, 1.54) is 48.0 Å². The Morgan fingerprint density at radius 2 is 1.88 bits per heavy atom. The molecule has 12 nitrogen and oxygen atoms in total. The Labute approximate surface area is 291 Å². The molecule has 2 aromatic heterocycles. The summed E-state index contributed by atoms with van der Waals surface area (Å²) < 4.78 is 82.3. The molecule has 0 aliphatic carbocycles. The number of fused-ring (bicyclic) bond motifs is 1. The number of ether oxygens (including phenoxy) is 2. The molecule has 1 amide bonds. The van der Waals surface area contributed by atoms with E-state index in [0.29, 0.717) is 50.8 Å². The van der Waals surface area contributed by atoms with Crippen LogP contribution in [0.5, 0.6) is 0 Å². The first-order chi connectivity index (χ1) is 23.7. The minimum Gasteiger partial charge on any atom is -0.475 e. The van der Waals surface area contributed by atoms with Crippen molar-refractivity contribution in [2.75, 3.05) is 38.2 Å². The van der Waals surface area contributed by atoms with Crippen molar-refractivity contribution in [3.63, 3.8) is 0 Å². The van der Waals surface area contributed by atoms with Crippen LogP contribution in [-0.2, 0) is 24.1 Å². The van der Waals surface area contributed by atoms with E-state index in [9.17, 15) is 30.8 Å². The summed E-state index contributed by atoms with van der Waals surface area (Å²) in [5.74, 6) is 3.49. The lowest BCUT2D eigenvalue weighted by atomic mass is 10.2. The van der Waals surface area contributed by atoms with Crippen LogP contribution in [0.1, 0.15) is 11.3 Å². The van der Waals surface area contributed by atoms with Crippen molar-refractivity contribution in [3.05, 3.63) is 70.6 Å². The van der Waals surface area contributed by atoms with Crippen molar-refractivity contribution < 1.29 is 50.1 Å². The predicted octanol–water partition coefficient (Wildman–Crippen LogP) is 5.24. The molecule has 2 atom stereocenters. The first-order valence-electron chi connectivity index (χ1n) is 14.6. The van der Waals surface area contributed by atoms with Crippen LogP contribution < -0.4 is 10.6 Å². The molecule has 0 spiro atoms. The van der Waals surface area contributed by atoms with Gasteiger partial charge in [-0.25, -0.2) is 32.4 Å². The number of halogens is 5. The number of nitrogens with one attached hydrogen (secondary N) is 2. The number of alkyl halides is 3. The monoisotopic (exact) mass is 755 g/mol. The summed E-state index contributed by atoms with van der Waals surface area (Å²) in [6, 6.07) is 10.9. The molecule has 6 rings (SSSR count). The van der Waals surface area contributed by atoms with Gasteiger partial charge >= 0.3 is 18.2 Å². The smallest absolute Gasteiger partial charge is 0.475 e. The predicted molar refractivity (Wildman–Crippen MR) is 174 cm³/mol. The number of thiophene rings is 1. The molecule has 264 valence electrons. The molecule has 0 radical (unpaired) electrons. The Kier molecular flexibility index (Phi) is 11.4. The van der Waals surface area contributed by atoms with Crippen molar-refractivity contribution in [2.24, 2.45) is 0 Å². The van der Waals surface area contributed by atoms with E-state index in [0.717, 1.165) is 21.2 Å². The summed E-state index contributed by atoms with van der Waals surface area (Å²) >= 11 is 7.78. The second-order valence-corrected chi connectivity index (χ2v) is 14.0. The normalized spacial score (nSPS) is 17.7. The molecule has 3 N–H and O–H groups in total. The number of anilines is 2. The number of amides is 1. The lowest BCUT2D eigenvalue weighted by molar-refractivity contribution is -0.192. The van der Waals surface area contributed by atoms with Crippen LogP contribution in [-0.4, -0.2) is 91.6 Å². The first-order valence-corrected chi connectivity index (χ1v) is 17.3. The SMILES string of the molecule is O=C(O)C(F)(F)F.O=C(O[C@@H]1CN[C@H](C#Cc2cc3c(Nc4ccc(S(=O)(=O)c5cccc(F)c5)c(Cl)c4)ncnc3s2)C1)N1CCOCC1. The number of carbonyl (C=O) groups is 2. The minimum absolute atomic E-state index is 0.0190. The van der Waals surface area contributed by atoms with Crippen LogP contribution in [0, 0.1) is 17.7 Å². The molecule has 0 unspecified atom stereocenters.